The lowest BCUT2D eigenvalue weighted by atomic mass is 9.99. The van der Waals surface area contributed by atoms with Crippen molar-refractivity contribution >= 4 is 5.91 Å². The Kier molecular flexibility index (Phi) is 26.1. The SMILES string of the molecule is CCCC/C=C/C(O)C(COC1OC(CO)C(O)C(O)C1O)NC(=O)CCCCCCCCCCCCCCCCCCCC. The molecule has 1 aliphatic heterocycles. The monoisotopic (exact) mass is 644 g/mol. The molecule has 0 spiro atoms. The molecule has 1 aliphatic rings. The minimum Gasteiger partial charge on any atom is -0.394 e. The van der Waals surface area contributed by atoms with Crippen LogP contribution in [0.5, 0.6) is 0 Å². The van der Waals surface area contributed by atoms with Crippen LogP contribution in [-0.2, 0) is 14.3 Å². The van der Waals surface area contributed by atoms with Crippen LogP contribution in [0.3, 0.4) is 0 Å². The van der Waals surface area contributed by atoms with Gasteiger partial charge < -0.3 is 40.3 Å². The third-order valence-corrected chi connectivity index (χ3v) is 8.86. The average molecular weight is 644 g/mol. The lowest BCUT2D eigenvalue weighted by Gasteiger charge is -2.40. The fourth-order valence-electron chi connectivity index (χ4n) is 5.79. The number of aliphatic hydroxyl groups is 5. The van der Waals surface area contributed by atoms with Gasteiger partial charge in [0.1, 0.15) is 24.4 Å². The smallest absolute Gasteiger partial charge is 0.220 e. The highest BCUT2D eigenvalue weighted by Gasteiger charge is 2.44. The van der Waals surface area contributed by atoms with E-state index in [-0.39, 0.29) is 12.5 Å². The van der Waals surface area contributed by atoms with Gasteiger partial charge in [0.05, 0.1) is 25.4 Å². The maximum absolute atomic E-state index is 12.7. The Labute approximate surface area is 274 Å². The molecule has 0 aromatic rings. The first-order valence-electron chi connectivity index (χ1n) is 18.4. The zero-order valence-electron chi connectivity index (χ0n) is 28.6. The zero-order chi connectivity index (χ0) is 33.1. The summed E-state index contributed by atoms with van der Waals surface area (Å²) in [6, 6.07) is -0.793. The number of aliphatic hydroxyl groups excluding tert-OH is 5. The Morgan fingerprint density at radius 2 is 1.22 bits per heavy atom. The number of hydrogen-bond donors (Lipinski definition) is 6. The van der Waals surface area contributed by atoms with Gasteiger partial charge in [-0.25, -0.2) is 0 Å². The van der Waals surface area contributed by atoms with Crippen LogP contribution in [0.1, 0.15) is 155 Å². The van der Waals surface area contributed by atoms with Gasteiger partial charge in [-0.3, -0.25) is 4.79 Å². The molecule has 0 aromatic carbocycles. The predicted molar refractivity (Wildman–Crippen MR) is 180 cm³/mol. The lowest BCUT2D eigenvalue weighted by molar-refractivity contribution is -0.302. The first-order valence-corrected chi connectivity index (χ1v) is 18.4. The van der Waals surface area contributed by atoms with Crippen LogP contribution in [0, 0.1) is 0 Å². The summed E-state index contributed by atoms with van der Waals surface area (Å²) >= 11 is 0. The van der Waals surface area contributed by atoms with Crippen LogP contribution in [0.25, 0.3) is 0 Å². The fraction of sp³-hybridized carbons (Fsp3) is 0.917. The Balaban J connectivity index is 2.24. The zero-order valence-corrected chi connectivity index (χ0v) is 28.6. The van der Waals surface area contributed by atoms with Crippen molar-refractivity contribution in [1.29, 1.82) is 0 Å². The summed E-state index contributed by atoms with van der Waals surface area (Å²) < 4.78 is 11.0. The molecule has 9 heteroatoms. The number of nitrogens with one attached hydrogen (secondary N) is 1. The van der Waals surface area contributed by atoms with Crippen molar-refractivity contribution in [2.75, 3.05) is 13.2 Å². The molecule has 6 N–H and O–H groups in total. The molecule has 1 amide bonds. The van der Waals surface area contributed by atoms with Crippen LogP contribution >= 0.6 is 0 Å². The second kappa shape index (κ2) is 28.0. The van der Waals surface area contributed by atoms with Crippen LogP contribution < -0.4 is 5.32 Å². The summed E-state index contributed by atoms with van der Waals surface area (Å²) in [7, 11) is 0. The third-order valence-electron chi connectivity index (χ3n) is 8.86. The van der Waals surface area contributed by atoms with Crippen LogP contribution in [-0.4, -0.2) is 87.5 Å². The molecule has 0 bridgehead atoms. The van der Waals surface area contributed by atoms with Gasteiger partial charge in [-0.1, -0.05) is 148 Å². The molecule has 9 nitrogen and oxygen atoms in total. The number of carbonyl (C=O) groups excluding carboxylic acids is 1. The topological polar surface area (TPSA) is 149 Å². The minimum absolute atomic E-state index is 0.185. The number of carbonyl (C=O) groups is 1. The molecule has 266 valence electrons. The Morgan fingerprint density at radius 3 is 1.71 bits per heavy atom. The number of unbranched alkanes of at least 4 members (excludes halogenated alkanes) is 19. The number of allylic oxidation sites excluding steroid dienone is 1. The Morgan fingerprint density at radius 1 is 0.733 bits per heavy atom. The van der Waals surface area contributed by atoms with Crippen molar-refractivity contribution in [3.8, 4) is 0 Å². The van der Waals surface area contributed by atoms with Crippen molar-refractivity contribution < 1.29 is 39.8 Å². The second-order valence-corrected chi connectivity index (χ2v) is 13.0. The molecule has 45 heavy (non-hydrogen) atoms. The second-order valence-electron chi connectivity index (χ2n) is 13.0. The van der Waals surface area contributed by atoms with Crippen molar-refractivity contribution in [1.82, 2.24) is 5.32 Å². The Bertz CT molecular complexity index is 721. The van der Waals surface area contributed by atoms with E-state index in [0.717, 1.165) is 38.5 Å². The molecule has 0 aromatic heterocycles. The molecule has 7 atom stereocenters. The standard InChI is InChI=1S/C36H69NO8/c1-3-5-7-9-10-11-12-13-14-15-16-17-18-19-20-21-22-24-26-32(40)37-29(30(39)25-23-8-6-4-2)28-44-36-35(43)34(42)33(41)31(27-38)45-36/h23,25,29-31,33-36,38-39,41-43H,3-22,24,26-28H2,1-2H3,(H,37,40)/b25-23+. The molecule has 1 heterocycles. The summed E-state index contributed by atoms with van der Waals surface area (Å²) in [5.74, 6) is -0.185. The molecular weight excluding hydrogens is 574 g/mol. The van der Waals surface area contributed by atoms with Crippen LogP contribution in [0.4, 0.5) is 0 Å². The van der Waals surface area contributed by atoms with Crippen LogP contribution in [0.15, 0.2) is 12.2 Å². The van der Waals surface area contributed by atoms with E-state index in [2.05, 4.69) is 19.2 Å². The summed E-state index contributed by atoms with van der Waals surface area (Å²) in [6.07, 6.45) is 21.8. The van der Waals surface area contributed by atoms with Gasteiger partial charge in [-0.15, -0.1) is 0 Å². The van der Waals surface area contributed by atoms with Crippen molar-refractivity contribution in [3.05, 3.63) is 12.2 Å². The summed E-state index contributed by atoms with van der Waals surface area (Å²) in [6.45, 7) is 3.60. The van der Waals surface area contributed by atoms with E-state index in [4.69, 9.17) is 9.47 Å². The normalized spacial score (nSPS) is 23.4. The van der Waals surface area contributed by atoms with Gasteiger partial charge in [0.15, 0.2) is 6.29 Å². The Hall–Kier alpha value is -1.07. The first kappa shape index (κ1) is 42.0. The predicted octanol–water partition coefficient (Wildman–Crippen LogP) is 5.83. The highest BCUT2D eigenvalue weighted by molar-refractivity contribution is 5.76. The lowest BCUT2D eigenvalue weighted by Crippen LogP contribution is -2.60. The van der Waals surface area contributed by atoms with Crippen molar-refractivity contribution in [2.24, 2.45) is 0 Å². The largest absolute Gasteiger partial charge is 0.394 e. The van der Waals surface area contributed by atoms with E-state index in [0.29, 0.717) is 6.42 Å². The van der Waals surface area contributed by atoms with Gasteiger partial charge in [-0.2, -0.15) is 0 Å². The molecule has 1 fully saturated rings. The van der Waals surface area contributed by atoms with Gasteiger partial charge in [-0.05, 0) is 12.8 Å². The maximum atomic E-state index is 12.7. The van der Waals surface area contributed by atoms with Gasteiger partial charge in [0.25, 0.3) is 0 Å². The molecule has 0 radical (unpaired) electrons. The van der Waals surface area contributed by atoms with E-state index < -0.39 is 49.5 Å². The quantitative estimate of drug-likeness (QED) is 0.0441. The van der Waals surface area contributed by atoms with Crippen molar-refractivity contribution in [3.63, 3.8) is 0 Å². The number of amides is 1. The van der Waals surface area contributed by atoms with E-state index in [1.165, 1.54) is 96.3 Å². The molecule has 7 unspecified atom stereocenters. The maximum Gasteiger partial charge on any atom is 0.220 e. The average Bonchev–Trinajstić information content (AvgIpc) is 3.04. The summed E-state index contributed by atoms with van der Waals surface area (Å²) in [4.78, 5) is 12.7. The van der Waals surface area contributed by atoms with E-state index >= 15 is 0 Å². The number of rotatable bonds is 29. The molecular formula is C36H69NO8. The third kappa shape index (κ3) is 20.0. The highest BCUT2D eigenvalue weighted by Crippen LogP contribution is 2.22. The fourth-order valence-corrected chi connectivity index (χ4v) is 5.79. The van der Waals surface area contributed by atoms with Gasteiger partial charge in [0.2, 0.25) is 5.91 Å². The van der Waals surface area contributed by atoms with Gasteiger partial charge >= 0.3 is 0 Å². The van der Waals surface area contributed by atoms with Gasteiger partial charge in [0, 0.05) is 6.42 Å². The van der Waals surface area contributed by atoms with Crippen LogP contribution in [0.2, 0.25) is 0 Å². The van der Waals surface area contributed by atoms with E-state index in [1.54, 1.807) is 6.08 Å². The minimum atomic E-state index is -1.56. The summed E-state index contributed by atoms with van der Waals surface area (Å²) in [5, 5.41) is 53.3. The van der Waals surface area contributed by atoms with Crippen molar-refractivity contribution in [2.45, 2.75) is 198 Å². The first-order chi connectivity index (χ1) is 21.8. The molecule has 1 rings (SSSR count). The molecule has 1 saturated heterocycles. The highest BCUT2D eigenvalue weighted by atomic mass is 16.7. The number of ether oxygens (including phenoxy) is 2. The van der Waals surface area contributed by atoms with E-state index in [9.17, 15) is 30.3 Å². The molecule has 0 aliphatic carbocycles. The molecule has 0 saturated carbocycles. The van der Waals surface area contributed by atoms with E-state index in [1.807, 2.05) is 6.08 Å². The number of hydrogen-bond acceptors (Lipinski definition) is 8. The summed E-state index contributed by atoms with van der Waals surface area (Å²) in [5.41, 5.74) is 0.